The first-order chi connectivity index (χ1) is 15.6. The van der Waals surface area contributed by atoms with Gasteiger partial charge in [0.1, 0.15) is 5.82 Å². The summed E-state index contributed by atoms with van der Waals surface area (Å²) in [5, 5.41) is 13.2. The largest absolute Gasteiger partial charge is 0.330 e. The third kappa shape index (κ3) is 3.58. The third-order valence-corrected chi connectivity index (χ3v) is 5.54. The van der Waals surface area contributed by atoms with E-state index in [-0.39, 0.29) is 18.0 Å². The lowest BCUT2D eigenvalue weighted by Gasteiger charge is -2.24. The zero-order valence-corrected chi connectivity index (χ0v) is 17.4. The average molecular weight is 425 g/mol. The summed E-state index contributed by atoms with van der Waals surface area (Å²) in [6, 6.07) is 23.7. The minimum absolute atomic E-state index is 0.0377. The fourth-order valence-electron chi connectivity index (χ4n) is 4.01. The Balaban J connectivity index is 1.61. The Kier molecular flexibility index (Phi) is 5.07. The van der Waals surface area contributed by atoms with Gasteiger partial charge >= 0.3 is 0 Å². The molecule has 2 aromatic heterocycles. The van der Waals surface area contributed by atoms with E-state index in [9.17, 15) is 9.18 Å². The molecule has 0 N–H and O–H groups in total. The lowest BCUT2D eigenvalue weighted by Crippen LogP contribution is -2.31. The summed E-state index contributed by atoms with van der Waals surface area (Å²) in [6.07, 6.45) is 0. The molecule has 1 amide bonds. The molecule has 5 rings (SSSR count). The molecule has 7 heteroatoms. The van der Waals surface area contributed by atoms with Gasteiger partial charge in [0.2, 0.25) is 0 Å². The highest BCUT2D eigenvalue weighted by atomic mass is 19.1. The molecule has 0 aliphatic rings. The third-order valence-electron chi connectivity index (χ3n) is 5.54. The first kappa shape index (κ1) is 19.8. The second kappa shape index (κ2) is 8.19. The second-order valence-corrected chi connectivity index (χ2v) is 7.72. The maximum absolute atomic E-state index is 14.5. The SMILES string of the molecule is Cc1cccc2cc(CN(Cc3ccccc3)C(=O)c3ccccc3F)c3nnnn3c12. The average Bonchev–Trinajstić information content (AvgIpc) is 3.29. The molecular weight excluding hydrogens is 405 g/mol. The van der Waals surface area contributed by atoms with E-state index in [0.29, 0.717) is 12.2 Å². The quantitative estimate of drug-likeness (QED) is 0.414. The number of tetrazole rings is 1. The molecule has 2 heterocycles. The molecule has 0 bridgehead atoms. The molecule has 0 aliphatic carbocycles. The number of halogens is 1. The Labute approximate surface area is 183 Å². The maximum atomic E-state index is 14.5. The van der Waals surface area contributed by atoms with Crippen LogP contribution in [0.25, 0.3) is 16.6 Å². The van der Waals surface area contributed by atoms with Gasteiger partial charge in [0.05, 0.1) is 17.6 Å². The standard InChI is InChI=1S/C25H20FN5O/c1-17-8-7-11-19-14-20(24-27-28-29-31(24)23(17)19)16-30(15-18-9-3-2-4-10-18)25(32)21-12-5-6-13-22(21)26/h2-14H,15-16H2,1H3. The Morgan fingerprint density at radius 1 is 0.969 bits per heavy atom. The minimum atomic E-state index is -0.543. The van der Waals surface area contributed by atoms with Crippen LogP contribution in [-0.2, 0) is 13.1 Å². The Morgan fingerprint density at radius 3 is 2.56 bits per heavy atom. The first-order valence-corrected chi connectivity index (χ1v) is 10.3. The van der Waals surface area contributed by atoms with Crippen molar-refractivity contribution in [2.45, 2.75) is 20.0 Å². The van der Waals surface area contributed by atoms with Gasteiger partial charge < -0.3 is 4.90 Å². The van der Waals surface area contributed by atoms with Crippen molar-refractivity contribution in [2.24, 2.45) is 0 Å². The molecule has 6 nitrogen and oxygen atoms in total. The van der Waals surface area contributed by atoms with Crippen LogP contribution in [0.15, 0.2) is 78.9 Å². The number of para-hydroxylation sites is 1. The van der Waals surface area contributed by atoms with Crippen molar-refractivity contribution in [3.05, 3.63) is 107 Å². The number of rotatable bonds is 5. The van der Waals surface area contributed by atoms with Crippen molar-refractivity contribution in [2.75, 3.05) is 0 Å². The van der Waals surface area contributed by atoms with Gasteiger partial charge in [0.25, 0.3) is 5.91 Å². The number of hydrogen-bond acceptors (Lipinski definition) is 4. The molecule has 0 fully saturated rings. The lowest BCUT2D eigenvalue weighted by molar-refractivity contribution is 0.0726. The normalized spacial score (nSPS) is 11.2. The second-order valence-electron chi connectivity index (χ2n) is 7.72. The van der Waals surface area contributed by atoms with Crippen LogP contribution in [0.3, 0.4) is 0 Å². The van der Waals surface area contributed by atoms with Crippen LogP contribution in [-0.4, -0.2) is 30.8 Å². The van der Waals surface area contributed by atoms with Gasteiger partial charge in [0, 0.05) is 17.5 Å². The highest BCUT2D eigenvalue weighted by Gasteiger charge is 2.22. The van der Waals surface area contributed by atoms with Crippen molar-refractivity contribution in [3.63, 3.8) is 0 Å². The predicted octanol–water partition coefficient (Wildman–Crippen LogP) is 4.57. The number of fused-ring (bicyclic) bond motifs is 3. The van der Waals surface area contributed by atoms with E-state index in [1.165, 1.54) is 12.1 Å². The van der Waals surface area contributed by atoms with E-state index in [1.54, 1.807) is 21.5 Å². The van der Waals surface area contributed by atoms with E-state index in [1.807, 2.05) is 61.5 Å². The highest BCUT2D eigenvalue weighted by Crippen LogP contribution is 2.24. The molecule has 0 aliphatic heterocycles. The molecule has 158 valence electrons. The van der Waals surface area contributed by atoms with E-state index in [0.717, 1.165) is 27.6 Å². The van der Waals surface area contributed by atoms with Crippen molar-refractivity contribution in [3.8, 4) is 0 Å². The predicted molar refractivity (Wildman–Crippen MR) is 119 cm³/mol. The van der Waals surface area contributed by atoms with E-state index < -0.39 is 5.82 Å². The monoisotopic (exact) mass is 425 g/mol. The van der Waals surface area contributed by atoms with Gasteiger partial charge in [-0.2, -0.15) is 4.52 Å². The molecule has 0 unspecified atom stereocenters. The summed E-state index contributed by atoms with van der Waals surface area (Å²) in [5.41, 5.74) is 4.32. The number of aromatic nitrogens is 4. The smallest absolute Gasteiger partial charge is 0.257 e. The topological polar surface area (TPSA) is 63.4 Å². The summed E-state index contributed by atoms with van der Waals surface area (Å²) < 4.78 is 16.2. The lowest BCUT2D eigenvalue weighted by atomic mass is 10.1. The first-order valence-electron chi connectivity index (χ1n) is 10.3. The van der Waals surface area contributed by atoms with Gasteiger partial charge in [0.15, 0.2) is 5.65 Å². The number of aryl methyl sites for hydroxylation is 1. The van der Waals surface area contributed by atoms with E-state index >= 15 is 0 Å². The number of hydrogen-bond donors (Lipinski definition) is 0. The zero-order chi connectivity index (χ0) is 22.1. The number of amides is 1. The molecule has 0 saturated heterocycles. The summed E-state index contributed by atoms with van der Waals surface area (Å²) in [4.78, 5) is 15.0. The zero-order valence-electron chi connectivity index (χ0n) is 17.4. The summed E-state index contributed by atoms with van der Waals surface area (Å²) >= 11 is 0. The van der Waals surface area contributed by atoms with Gasteiger partial charge in [-0.05, 0) is 46.7 Å². The van der Waals surface area contributed by atoms with Crippen LogP contribution in [0.5, 0.6) is 0 Å². The van der Waals surface area contributed by atoms with Crippen LogP contribution >= 0.6 is 0 Å². The Bertz CT molecular complexity index is 1430. The number of nitrogens with zero attached hydrogens (tertiary/aromatic N) is 5. The van der Waals surface area contributed by atoms with Gasteiger partial charge in [-0.3, -0.25) is 4.79 Å². The molecule has 0 atom stereocenters. The number of benzene rings is 3. The number of pyridine rings is 1. The molecule has 0 saturated carbocycles. The van der Waals surface area contributed by atoms with Crippen molar-refractivity contribution in [1.82, 2.24) is 24.9 Å². The summed E-state index contributed by atoms with van der Waals surface area (Å²) in [5.74, 6) is -0.930. The number of carbonyl (C=O) groups excluding carboxylic acids is 1. The van der Waals surface area contributed by atoms with Gasteiger partial charge in [-0.1, -0.05) is 60.7 Å². The summed E-state index contributed by atoms with van der Waals surface area (Å²) in [7, 11) is 0. The Hall–Kier alpha value is -4.13. The van der Waals surface area contributed by atoms with Crippen LogP contribution in [0.4, 0.5) is 4.39 Å². The molecule has 0 radical (unpaired) electrons. The van der Waals surface area contributed by atoms with Crippen molar-refractivity contribution < 1.29 is 9.18 Å². The molecule has 0 spiro atoms. The van der Waals surface area contributed by atoms with E-state index in [2.05, 4.69) is 15.5 Å². The van der Waals surface area contributed by atoms with E-state index in [4.69, 9.17) is 0 Å². The fraction of sp³-hybridized carbons (Fsp3) is 0.120. The van der Waals surface area contributed by atoms with Gasteiger partial charge in [-0.25, -0.2) is 4.39 Å². The van der Waals surface area contributed by atoms with Crippen LogP contribution in [0.2, 0.25) is 0 Å². The van der Waals surface area contributed by atoms with Gasteiger partial charge in [-0.15, -0.1) is 5.10 Å². The highest BCUT2D eigenvalue weighted by molar-refractivity contribution is 5.94. The maximum Gasteiger partial charge on any atom is 0.257 e. The molecular formula is C25H20FN5O. The minimum Gasteiger partial charge on any atom is -0.330 e. The van der Waals surface area contributed by atoms with Crippen LogP contribution < -0.4 is 0 Å². The van der Waals surface area contributed by atoms with Crippen LogP contribution in [0.1, 0.15) is 27.0 Å². The molecule has 5 aromatic rings. The van der Waals surface area contributed by atoms with Crippen LogP contribution in [0, 0.1) is 12.7 Å². The summed E-state index contributed by atoms with van der Waals surface area (Å²) in [6.45, 7) is 2.57. The molecule has 32 heavy (non-hydrogen) atoms. The Morgan fingerprint density at radius 2 is 1.75 bits per heavy atom. The van der Waals surface area contributed by atoms with Crippen molar-refractivity contribution >= 4 is 22.5 Å². The molecule has 3 aromatic carbocycles. The van der Waals surface area contributed by atoms with Crippen molar-refractivity contribution in [1.29, 1.82) is 0 Å². The number of carbonyl (C=O) groups is 1. The fourth-order valence-corrected chi connectivity index (χ4v) is 4.01.